The molecule has 1 unspecified atom stereocenters. The van der Waals surface area contributed by atoms with Crippen molar-refractivity contribution in [1.82, 2.24) is 20.2 Å². The van der Waals surface area contributed by atoms with Crippen LogP contribution < -0.4 is 0 Å². The molecule has 7 heteroatoms. The number of aromatic nitrogens is 4. The Labute approximate surface area is 104 Å². The van der Waals surface area contributed by atoms with E-state index in [4.69, 9.17) is 4.74 Å². The minimum absolute atomic E-state index is 0.337. The molecule has 98 valence electrons. The van der Waals surface area contributed by atoms with Gasteiger partial charge in [-0.1, -0.05) is 0 Å². The molecule has 0 spiro atoms. The monoisotopic (exact) mass is 252 g/mol. The molecule has 0 radical (unpaired) electrons. The van der Waals surface area contributed by atoms with Gasteiger partial charge in [-0.2, -0.15) is 0 Å². The van der Waals surface area contributed by atoms with E-state index in [1.165, 1.54) is 0 Å². The van der Waals surface area contributed by atoms with Crippen molar-refractivity contribution in [3.63, 3.8) is 0 Å². The van der Waals surface area contributed by atoms with Crippen molar-refractivity contribution < 1.29 is 14.6 Å². The fourth-order valence-electron chi connectivity index (χ4n) is 2.52. The minimum atomic E-state index is -0.763. The van der Waals surface area contributed by atoms with Crippen LogP contribution in [0.3, 0.4) is 0 Å². The zero-order chi connectivity index (χ0) is 12.8. The summed E-state index contributed by atoms with van der Waals surface area (Å²) < 4.78 is 7.31. The van der Waals surface area contributed by atoms with E-state index in [0.717, 1.165) is 12.8 Å². The zero-order valence-corrected chi connectivity index (χ0v) is 10.3. The normalized spacial score (nSPS) is 29.4. The van der Waals surface area contributed by atoms with E-state index in [0.29, 0.717) is 31.8 Å². The number of hydrogen-bond donors (Lipinski definition) is 1. The van der Waals surface area contributed by atoms with Crippen LogP contribution >= 0.6 is 0 Å². The molecule has 1 atom stereocenters. The number of carbonyl (C=O) groups is 1. The molecule has 1 aromatic heterocycles. The molecule has 2 heterocycles. The smallest absolute Gasteiger partial charge is 0.311 e. The number of rotatable bonds is 4. The lowest BCUT2D eigenvalue weighted by Gasteiger charge is -2.22. The van der Waals surface area contributed by atoms with E-state index in [1.807, 2.05) is 6.92 Å². The van der Waals surface area contributed by atoms with Gasteiger partial charge in [0.25, 0.3) is 0 Å². The number of nitrogens with zero attached hydrogens (tertiary/aromatic N) is 4. The summed E-state index contributed by atoms with van der Waals surface area (Å²) in [6.07, 6.45) is 3.24. The summed E-state index contributed by atoms with van der Waals surface area (Å²) in [7, 11) is 0. The molecular weight excluding hydrogens is 236 g/mol. The van der Waals surface area contributed by atoms with Gasteiger partial charge in [0.1, 0.15) is 5.60 Å². The van der Waals surface area contributed by atoms with E-state index in [-0.39, 0.29) is 0 Å². The molecule has 1 aliphatic heterocycles. The predicted molar refractivity (Wildman–Crippen MR) is 59.7 cm³/mol. The summed E-state index contributed by atoms with van der Waals surface area (Å²) in [5, 5.41) is 20.8. The maximum absolute atomic E-state index is 11.2. The van der Waals surface area contributed by atoms with E-state index in [9.17, 15) is 9.90 Å². The molecule has 1 aromatic rings. The molecular formula is C11H16N4O3. The van der Waals surface area contributed by atoms with Gasteiger partial charge in [0, 0.05) is 6.61 Å². The first-order valence-corrected chi connectivity index (χ1v) is 6.20. The van der Waals surface area contributed by atoms with E-state index in [1.54, 1.807) is 4.68 Å². The summed E-state index contributed by atoms with van der Waals surface area (Å²) in [6, 6.07) is 0. The fraction of sp³-hybridized carbons (Fsp3) is 0.818. The van der Waals surface area contributed by atoms with Crippen LogP contribution in [0.15, 0.2) is 0 Å². The largest absolute Gasteiger partial charge is 0.481 e. The summed E-state index contributed by atoms with van der Waals surface area (Å²) in [5.41, 5.74) is -1.14. The van der Waals surface area contributed by atoms with Gasteiger partial charge in [0.15, 0.2) is 5.82 Å². The number of tetrazole rings is 1. The molecule has 0 amide bonds. The van der Waals surface area contributed by atoms with Crippen LogP contribution in [0, 0.1) is 5.41 Å². The number of aliphatic carboxylic acids is 1. The molecule has 7 nitrogen and oxygen atoms in total. The summed E-state index contributed by atoms with van der Waals surface area (Å²) in [4.78, 5) is 11.2. The third kappa shape index (κ3) is 1.69. The van der Waals surface area contributed by atoms with Crippen LogP contribution in [-0.2, 0) is 21.7 Å². The lowest BCUT2D eigenvalue weighted by Crippen LogP contribution is -2.30. The Morgan fingerprint density at radius 2 is 2.28 bits per heavy atom. The topological polar surface area (TPSA) is 90.1 Å². The molecule has 0 aromatic carbocycles. The van der Waals surface area contributed by atoms with Crippen molar-refractivity contribution in [2.45, 2.75) is 44.8 Å². The molecule has 2 fully saturated rings. The average molecular weight is 252 g/mol. The highest BCUT2D eigenvalue weighted by Gasteiger charge is 2.52. The first-order valence-electron chi connectivity index (χ1n) is 6.20. The van der Waals surface area contributed by atoms with Crippen LogP contribution in [0.1, 0.15) is 38.4 Å². The maximum atomic E-state index is 11.2. The Kier molecular flexibility index (Phi) is 2.41. The van der Waals surface area contributed by atoms with Crippen molar-refractivity contribution >= 4 is 5.97 Å². The van der Waals surface area contributed by atoms with E-state index < -0.39 is 17.0 Å². The van der Waals surface area contributed by atoms with Gasteiger partial charge in [0.2, 0.25) is 0 Å². The lowest BCUT2D eigenvalue weighted by molar-refractivity contribution is -0.144. The zero-order valence-electron chi connectivity index (χ0n) is 10.3. The highest BCUT2D eigenvalue weighted by molar-refractivity contribution is 5.77. The molecule has 0 bridgehead atoms. The highest BCUT2D eigenvalue weighted by atomic mass is 16.5. The molecule has 1 saturated carbocycles. The Morgan fingerprint density at radius 3 is 2.83 bits per heavy atom. The van der Waals surface area contributed by atoms with Crippen LogP contribution in [0.4, 0.5) is 0 Å². The van der Waals surface area contributed by atoms with E-state index in [2.05, 4.69) is 15.5 Å². The van der Waals surface area contributed by atoms with Gasteiger partial charge in [0.05, 0.1) is 12.0 Å². The first kappa shape index (κ1) is 11.6. The molecule has 1 aliphatic carbocycles. The van der Waals surface area contributed by atoms with Crippen molar-refractivity contribution in [3.8, 4) is 0 Å². The second-order valence-corrected chi connectivity index (χ2v) is 5.43. The van der Waals surface area contributed by atoms with Crippen LogP contribution in [0.2, 0.25) is 0 Å². The summed E-state index contributed by atoms with van der Waals surface area (Å²) in [6.45, 7) is 3.00. The van der Waals surface area contributed by atoms with Gasteiger partial charge in [-0.25, -0.2) is 4.68 Å². The van der Waals surface area contributed by atoms with Crippen LogP contribution in [-0.4, -0.2) is 37.9 Å². The van der Waals surface area contributed by atoms with Gasteiger partial charge >= 0.3 is 5.97 Å². The Morgan fingerprint density at radius 1 is 1.50 bits per heavy atom. The molecule has 1 saturated heterocycles. The molecule has 2 aliphatic rings. The van der Waals surface area contributed by atoms with Crippen LogP contribution in [0.5, 0.6) is 0 Å². The average Bonchev–Trinajstić information content (AvgIpc) is 2.75. The Hall–Kier alpha value is -1.50. The minimum Gasteiger partial charge on any atom is -0.481 e. The standard InChI is InChI=1S/C11H16N4O3/c1-10(3-2-6-18-10)8-12-13-14-15(8)7-11(4-5-11)9(16)17/h2-7H2,1H3,(H,16,17). The third-order valence-corrected chi connectivity index (χ3v) is 3.98. The van der Waals surface area contributed by atoms with Crippen molar-refractivity contribution in [2.75, 3.05) is 6.61 Å². The van der Waals surface area contributed by atoms with Crippen molar-refractivity contribution in [1.29, 1.82) is 0 Å². The van der Waals surface area contributed by atoms with Gasteiger partial charge in [-0.3, -0.25) is 4.79 Å². The Balaban J connectivity index is 1.86. The first-order chi connectivity index (χ1) is 8.56. The maximum Gasteiger partial charge on any atom is 0.311 e. The third-order valence-electron chi connectivity index (χ3n) is 3.98. The molecule has 1 N–H and O–H groups in total. The van der Waals surface area contributed by atoms with Crippen molar-refractivity contribution in [3.05, 3.63) is 5.82 Å². The van der Waals surface area contributed by atoms with Gasteiger partial charge in [-0.15, -0.1) is 5.10 Å². The quantitative estimate of drug-likeness (QED) is 0.842. The number of carboxylic acids is 1. The predicted octanol–water partition coefficient (Wildman–Crippen LogP) is 0.563. The molecule has 3 rings (SSSR count). The SMILES string of the molecule is CC1(c2nnnn2CC2(C(=O)O)CC2)CCCO1. The number of ether oxygens (including phenoxy) is 1. The highest BCUT2D eigenvalue weighted by Crippen LogP contribution is 2.48. The summed E-state index contributed by atoms with van der Waals surface area (Å²) >= 11 is 0. The van der Waals surface area contributed by atoms with Gasteiger partial charge < -0.3 is 9.84 Å². The molecule has 18 heavy (non-hydrogen) atoms. The Bertz CT molecular complexity index is 474. The fourth-order valence-corrected chi connectivity index (χ4v) is 2.52. The van der Waals surface area contributed by atoms with Crippen molar-refractivity contribution in [2.24, 2.45) is 5.41 Å². The lowest BCUT2D eigenvalue weighted by atomic mass is 10.0. The second kappa shape index (κ2) is 3.74. The van der Waals surface area contributed by atoms with E-state index >= 15 is 0 Å². The second-order valence-electron chi connectivity index (χ2n) is 5.43. The number of carboxylic acid groups (broad SMARTS) is 1. The van der Waals surface area contributed by atoms with Gasteiger partial charge in [-0.05, 0) is 43.0 Å². The summed E-state index contributed by atoms with van der Waals surface area (Å²) in [5.74, 6) is -0.117. The number of hydrogen-bond acceptors (Lipinski definition) is 5. The van der Waals surface area contributed by atoms with Crippen LogP contribution in [0.25, 0.3) is 0 Å².